The number of nitrogens with zero attached hydrogens (tertiary/aromatic N) is 2. The zero-order valence-corrected chi connectivity index (χ0v) is 11.2. The topological polar surface area (TPSA) is 26.9 Å². The molecule has 0 bridgehead atoms. The summed E-state index contributed by atoms with van der Waals surface area (Å²) in [5.74, 6) is 0. The second-order valence-corrected chi connectivity index (χ2v) is 4.74. The van der Waals surface area contributed by atoms with Gasteiger partial charge in [0.2, 0.25) is 0 Å². The minimum Gasteiger partial charge on any atom is -0.277 e. The largest absolute Gasteiger partial charge is 0.277 e. The number of aromatic nitrogens is 2. The molecule has 3 heteroatoms. The first kappa shape index (κ1) is 12.5. The highest BCUT2D eigenvalue weighted by Gasteiger charge is 2.11. The third-order valence-electron chi connectivity index (χ3n) is 3.42. The average molecular weight is 264 g/mol. The van der Waals surface area contributed by atoms with Crippen LogP contribution in [-0.4, -0.2) is 9.36 Å². The summed E-state index contributed by atoms with van der Waals surface area (Å²) in [5, 5.41) is 0.755. The predicted octanol–water partition coefficient (Wildman–Crippen LogP) is 3.04. The molecule has 0 aliphatic heterocycles. The molecule has 0 unspecified atom stereocenters. The molecule has 0 radical (unpaired) electrons. The molecule has 3 rings (SSSR count). The quantitative estimate of drug-likeness (QED) is 0.665. The van der Waals surface area contributed by atoms with E-state index in [9.17, 15) is 4.79 Å². The number of para-hydroxylation sites is 1. The maximum atomic E-state index is 12.4. The molecule has 0 atom stereocenters. The van der Waals surface area contributed by atoms with Gasteiger partial charge in [-0.05, 0) is 17.7 Å². The van der Waals surface area contributed by atoms with Crippen molar-refractivity contribution in [3.05, 3.63) is 83.2 Å². The molecule has 100 valence electrons. The number of rotatable bonds is 4. The zero-order chi connectivity index (χ0) is 13.9. The van der Waals surface area contributed by atoms with Crippen molar-refractivity contribution in [2.75, 3.05) is 0 Å². The van der Waals surface area contributed by atoms with Crippen LogP contribution < -0.4 is 5.56 Å². The van der Waals surface area contributed by atoms with Crippen LogP contribution in [0, 0.1) is 0 Å². The van der Waals surface area contributed by atoms with Crippen LogP contribution >= 0.6 is 0 Å². The number of hydrogen-bond donors (Lipinski definition) is 0. The van der Waals surface area contributed by atoms with Gasteiger partial charge in [0.15, 0.2) is 0 Å². The molecule has 0 saturated carbocycles. The number of hydrogen-bond acceptors (Lipinski definition) is 1. The molecule has 20 heavy (non-hydrogen) atoms. The molecule has 1 heterocycles. The molecular formula is C17H16N2O. The Morgan fingerprint density at radius 3 is 2.40 bits per heavy atom. The van der Waals surface area contributed by atoms with Gasteiger partial charge in [0, 0.05) is 0 Å². The van der Waals surface area contributed by atoms with Gasteiger partial charge in [0.05, 0.1) is 24.0 Å². The number of allylic oxidation sites excluding steroid dienone is 1. The van der Waals surface area contributed by atoms with Crippen LogP contribution in [-0.2, 0) is 13.1 Å². The van der Waals surface area contributed by atoms with E-state index in [1.807, 2.05) is 47.1 Å². The highest BCUT2D eigenvalue weighted by atomic mass is 16.1. The third kappa shape index (κ3) is 2.07. The van der Waals surface area contributed by atoms with Gasteiger partial charge in [-0.1, -0.05) is 48.5 Å². The zero-order valence-electron chi connectivity index (χ0n) is 11.2. The Bertz CT molecular complexity index is 797. The van der Waals surface area contributed by atoms with Gasteiger partial charge >= 0.3 is 0 Å². The third-order valence-corrected chi connectivity index (χ3v) is 3.42. The van der Waals surface area contributed by atoms with Crippen LogP contribution in [0.4, 0.5) is 0 Å². The fraction of sp³-hybridized carbons (Fsp3) is 0.118. The van der Waals surface area contributed by atoms with E-state index in [1.165, 1.54) is 5.56 Å². The average Bonchev–Trinajstić information content (AvgIpc) is 2.75. The highest BCUT2D eigenvalue weighted by molar-refractivity contribution is 5.78. The lowest BCUT2D eigenvalue weighted by Gasteiger charge is -2.11. The van der Waals surface area contributed by atoms with E-state index in [0.717, 1.165) is 10.9 Å². The Balaban J connectivity index is 2.19. The fourth-order valence-corrected chi connectivity index (χ4v) is 2.49. The van der Waals surface area contributed by atoms with Gasteiger partial charge in [-0.2, -0.15) is 0 Å². The van der Waals surface area contributed by atoms with Crippen LogP contribution in [0.2, 0.25) is 0 Å². The van der Waals surface area contributed by atoms with Crippen molar-refractivity contribution in [2.45, 2.75) is 13.1 Å². The lowest BCUT2D eigenvalue weighted by atomic mass is 10.2. The van der Waals surface area contributed by atoms with Crippen molar-refractivity contribution >= 4 is 10.9 Å². The Hall–Kier alpha value is -2.55. The molecule has 2 aromatic carbocycles. The van der Waals surface area contributed by atoms with Crippen LogP contribution in [0.1, 0.15) is 5.56 Å². The van der Waals surface area contributed by atoms with Gasteiger partial charge in [-0.15, -0.1) is 6.58 Å². The molecule has 1 aromatic heterocycles. The predicted molar refractivity (Wildman–Crippen MR) is 81.9 cm³/mol. The van der Waals surface area contributed by atoms with E-state index >= 15 is 0 Å². The summed E-state index contributed by atoms with van der Waals surface area (Å²) in [4.78, 5) is 12.4. The first-order valence-corrected chi connectivity index (χ1v) is 6.64. The summed E-state index contributed by atoms with van der Waals surface area (Å²) in [7, 11) is 0. The van der Waals surface area contributed by atoms with Crippen LogP contribution in [0.15, 0.2) is 72.0 Å². The van der Waals surface area contributed by atoms with Crippen LogP contribution in [0.3, 0.4) is 0 Å². The smallest absolute Gasteiger partial charge is 0.274 e. The SMILES string of the molecule is C=CCn1c(=O)c2ccccc2n1Cc1ccccc1. The van der Waals surface area contributed by atoms with E-state index in [1.54, 1.807) is 10.8 Å². The molecule has 0 aliphatic carbocycles. The molecule has 3 nitrogen and oxygen atoms in total. The number of fused-ring (bicyclic) bond motifs is 1. The van der Waals surface area contributed by atoms with Gasteiger partial charge in [-0.3, -0.25) is 9.48 Å². The maximum Gasteiger partial charge on any atom is 0.274 e. The Kier molecular flexibility index (Phi) is 3.25. The minimum atomic E-state index is 0.0384. The number of benzene rings is 2. The second-order valence-electron chi connectivity index (χ2n) is 4.74. The Morgan fingerprint density at radius 1 is 0.950 bits per heavy atom. The van der Waals surface area contributed by atoms with Crippen molar-refractivity contribution in [1.29, 1.82) is 0 Å². The first-order valence-electron chi connectivity index (χ1n) is 6.64. The Morgan fingerprint density at radius 2 is 1.65 bits per heavy atom. The second kappa shape index (κ2) is 5.21. The summed E-state index contributed by atoms with van der Waals surface area (Å²) >= 11 is 0. The molecule has 0 aliphatic rings. The van der Waals surface area contributed by atoms with Gasteiger partial charge in [-0.25, -0.2) is 4.68 Å². The van der Waals surface area contributed by atoms with Crippen molar-refractivity contribution in [3.63, 3.8) is 0 Å². The van der Waals surface area contributed by atoms with Crippen LogP contribution in [0.5, 0.6) is 0 Å². The maximum absolute atomic E-state index is 12.4. The van der Waals surface area contributed by atoms with E-state index < -0.39 is 0 Å². The molecule has 0 saturated heterocycles. The van der Waals surface area contributed by atoms with Gasteiger partial charge < -0.3 is 0 Å². The van der Waals surface area contributed by atoms with E-state index in [0.29, 0.717) is 13.1 Å². The van der Waals surface area contributed by atoms with Gasteiger partial charge in [0.25, 0.3) is 5.56 Å². The monoisotopic (exact) mass is 264 g/mol. The van der Waals surface area contributed by atoms with Gasteiger partial charge in [0.1, 0.15) is 0 Å². The highest BCUT2D eigenvalue weighted by Crippen LogP contribution is 2.13. The van der Waals surface area contributed by atoms with Crippen molar-refractivity contribution in [3.8, 4) is 0 Å². The van der Waals surface area contributed by atoms with E-state index in [-0.39, 0.29) is 5.56 Å². The molecule has 0 fully saturated rings. The van der Waals surface area contributed by atoms with Crippen LogP contribution in [0.25, 0.3) is 10.9 Å². The Labute approximate surface area is 117 Å². The summed E-state index contributed by atoms with van der Waals surface area (Å²) < 4.78 is 3.76. The fourth-order valence-electron chi connectivity index (χ4n) is 2.49. The lowest BCUT2D eigenvalue weighted by Crippen LogP contribution is -2.22. The first-order chi connectivity index (χ1) is 9.81. The van der Waals surface area contributed by atoms with Crippen molar-refractivity contribution in [2.24, 2.45) is 0 Å². The molecule has 0 spiro atoms. The van der Waals surface area contributed by atoms with E-state index in [4.69, 9.17) is 0 Å². The van der Waals surface area contributed by atoms with Crippen molar-refractivity contribution in [1.82, 2.24) is 9.36 Å². The molecule has 0 amide bonds. The molecule has 0 N–H and O–H groups in total. The molecule has 3 aromatic rings. The summed E-state index contributed by atoms with van der Waals surface area (Å²) in [6.45, 7) is 4.93. The van der Waals surface area contributed by atoms with E-state index in [2.05, 4.69) is 18.7 Å². The summed E-state index contributed by atoms with van der Waals surface area (Å²) in [5.41, 5.74) is 2.17. The lowest BCUT2D eigenvalue weighted by molar-refractivity contribution is 0.523. The molecular weight excluding hydrogens is 248 g/mol. The summed E-state index contributed by atoms with van der Waals surface area (Å²) in [6.07, 6.45) is 1.75. The standard InChI is InChI=1S/C17H16N2O/c1-2-12-18-17(20)15-10-6-7-11-16(15)19(18)13-14-8-4-3-5-9-14/h2-11H,1,12-13H2. The normalized spacial score (nSPS) is 10.8. The summed E-state index contributed by atoms with van der Waals surface area (Å²) in [6, 6.07) is 17.9. The minimum absolute atomic E-state index is 0.0384. The van der Waals surface area contributed by atoms with Crippen molar-refractivity contribution < 1.29 is 0 Å².